The van der Waals surface area contributed by atoms with Crippen LogP contribution in [-0.2, 0) is 25.6 Å². The molecule has 1 heterocycles. The Kier molecular flexibility index (Phi) is 15.1. The topological polar surface area (TPSA) is 270 Å². The lowest BCUT2D eigenvalue weighted by atomic mass is 9.98. The third-order valence-corrected chi connectivity index (χ3v) is 6.27. The number of nitrogens with two attached hydrogens (primary N) is 4. The van der Waals surface area contributed by atoms with Crippen molar-refractivity contribution in [2.75, 3.05) is 13.1 Å². The van der Waals surface area contributed by atoms with Crippen molar-refractivity contribution in [1.29, 1.82) is 0 Å². The number of aromatic amines is 1. The number of aromatic nitrogens is 2. The molecule has 0 aliphatic heterocycles. The molecular formula is C24H44N10O5. The Hall–Kier alpha value is -3.72. The Balaban J connectivity index is 3.03. The first-order valence-corrected chi connectivity index (χ1v) is 13.1. The lowest BCUT2D eigenvalue weighted by Gasteiger charge is -2.26. The predicted molar refractivity (Wildman–Crippen MR) is 146 cm³/mol. The van der Waals surface area contributed by atoms with E-state index >= 15 is 0 Å². The maximum absolute atomic E-state index is 13.3. The van der Waals surface area contributed by atoms with Crippen molar-refractivity contribution >= 4 is 29.7 Å². The van der Waals surface area contributed by atoms with Crippen molar-refractivity contribution < 1.29 is 24.3 Å². The molecule has 13 N–H and O–H groups in total. The first-order valence-electron chi connectivity index (χ1n) is 13.1. The molecule has 1 aromatic heterocycles. The number of rotatable bonds is 19. The van der Waals surface area contributed by atoms with Gasteiger partial charge in [-0.2, -0.15) is 0 Å². The van der Waals surface area contributed by atoms with E-state index in [1.807, 2.05) is 6.92 Å². The van der Waals surface area contributed by atoms with Crippen LogP contribution in [0.3, 0.4) is 0 Å². The zero-order valence-electron chi connectivity index (χ0n) is 22.7. The van der Waals surface area contributed by atoms with Gasteiger partial charge in [-0.1, -0.05) is 20.3 Å². The fraction of sp³-hybridized carbons (Fsp3) is 0.667. The summed E-state index contributed by atoms with van der Waals surface area (Å²) >= 11 is 0. The van der Waals surface area contributed by atoms with Gasteiger partial charge < -0.3 is 49.0 Å². The largest absolute Gasteiger partial charge is 0.480 e. The van der Waals surface area contributed by atoms with Gasteiger partial charge in [0.15, 0.2) is 5.96 Å². The number of guanidine groups is 1. The zero-order chi connectivity index (χ0) is 29.4. The van der Waals surface area contributed by atoms with Crippen molar-refractivity contribution in [3.8, 4) is 0 Å². The smallest absolute Gasteiger partial charge is 0.326 e. The summed E-state index contributed by atoms with van der Waals surface area (Å²) in [5, 5.41) is 17.4. The molecule has 0 bridgehead atoms. The van der Waals surface area contributed by atoms with Crippen molar-refractivity contribution in [1.82, 2.24) is 25.9 Å². The van der Waals surface area contributed by atoms with Gasteiger partial charge in [0.1, 0.15) is 18.1 Å². The number of H-pyrrole nitrogens is 1. The molecule has 0 aromatic carbocycles. The van der Waals surface area contributed by atoms with E-state index in [0.717, 1.165) is 0 Å². The second-order valence-corrected chi connectivity index (χ2v) is 9.45. The summed E-state index contributed by atoms with van der Waals surface area (Å²) in [7, 11) is 0. The van der Waals surface area contributed by atoms with Crippen LogP contribution in [0.2, 0.25) is 0 Å². The SMILES string of the molecule is CCC(C)C(NC(=O)C(CCCCN)NC(=O)C(CCCN=C(N)N)NC(=O)C(N)Cc1cnc[nH]1)C(=O)O. The molecule has 3 amide bonds. The molecule has 39 heavy (non-hydrogen) atoms. The number of carboxylic acid groups (broad SMARTS) is 1. The molecule has 1 aromatic rings. The molecule has 5 atom stereocenters. The van der Waals surface area contributed by atoms with E-state index in [2.05, 4.69) is 30.9 Å². The van der Waals surface area contributed by atoms with Gasteiger partial charge in [0.2, 0.25) is 17.7 Å². The molecule has 5 unspecified atom stereocenters. The van der Waals surface area contributed by atoms with Crippen molar-refractivity contribution in [3.63, 3.8) is 0 Å². The third-order valence-electron chi connectivity index (χ3n) is 6.27. The predicted octanol–water partition coefficient (Wildman–Crippen LogP) is -1.95. The van der Waals surface area contributed by atoms with Crippen LogP contribution in [0.5, 0.6) is 0 Å². The lowest BCUT2D eigenvalue weighted by Crippen LogP contribution is -2.57. The normalized spacial score (nSPS) is 14.8. The van der Waals surface area contributed by atoms with Gasteiger partial charge in [-0.15, -0.1) is 0 Å². The average Bonchev–Trinajstić information content (AvgIpc) is 3.40. The number of carboxylic acids is 1. The highest BCUT2D eigenvalue weighted by Crippen LogP contribution is 2.10. The minimum absolute atomic E-state index is 0.104. The molecule has 0 saturated carbocycles. The minimum atomic E-state index is -1.17. The van der Waals surface area contributed by atoms with Crippen LogP contribution >= 0.6 is 0 Å². The van der Waals surface area contributed by atoms with Gasteiger partial charge in [-0.25, -0.2) is 9.78 Å². The molecule has 0 aliphatic carbocycles. The Labute approximate surface area is 228 Å². The highest BCUT2D eigenvalue weighted by molar-refractivity contribution is 5.94. The van der Waals surface area contributed by atoms with Crippen molar-refractivity contribution in [3.05, 3.63) is 18.2 Å². The van der Waals surface area contributed by atoms with Gasteiger partial charge >= 0.3 is 5.97 Å². The number of aliphatic carboxylic acids is 1. The van der Waals surface area contributed by atoms with Crippen LogP contribution < -0.4 is 38.9 Å². The summed E-state index contributed by atoms with van der Waals surface area (Å²) < 4.78 is 0. The summed E-state index contributed by atoms with van der Waals surface area (Å²) in [4.78, 5) is 61.6. The molecule has 0 aliphatic rings. The Morgan fingerprint density at radius 1 is 1.03 bits per heavy atom. The molecule has 1 rings (SSSR count). The molecule has 0 saturated heterocycles. The number of unbranched alkanes of at least 4 members (excludes halogenated alkanes) is 1. The van der Waals surface area contributed by atoms with Crippen molar-refractivity contribution in [2.45, 2.75) is 83.0 Å². The standard InChI is InChI=1S/C24H44N10O5/c1-3-14(2)19(23(38)39)34-22(37)17(7-4-5-9-25)33-21(36)18(8-6-10-30-24(27)28)32-20(35)16(26)11-15-12-29-13-31-15/h12-14,16-19H,3-11,25-26H2,1-2H3,(H,29,31)(H,32,35)(H,33,36)(H,34,37)(H,38,39)(H4,27,28,30). The van der Waals surface area contributed by atoms with E-state index in [1.165, 1.54) is 6.33 Å². The Bertz CT molecular complexity index is 936. The van der Waals surface area contributed by atoms with Crippen LogP contribution in [-0.4, -0.2) is 82.0 Å². The molecule has 220 valence electrons. The second-order valence-electron chi connectivity index (χ2n) is 9.45. The quantitative estimate of drug-likeness (QED) is 0.0519. The van der Waals surface area contributed by atoms with E-state index in [4.69, 9.17) is 22.9 Å². The molecule has 0 fully saturated rings. The van der Waals surface area contributed by atoms with Gasteiger partial charge in [-0.05, 0) is 44.6 Å². The van der Waals surface area contributed by atoms with E-state index in [0.29, 0.717) is 37.9 Å². The summed E-state index contributed by atoms with van der Waals surface area (Å²) in [6.07, 6.45) is 5.58. The first-order chi connectivity index (χ1) is 18.5. The maximum atomic E-state index is 13.3. The van der Waals surface area contributed by atoms with Crippen molar-refractivity contribution in [2.24, 2.45) is 33.8 Å². The van der Waals surface area contributed by atoms with Crippen LogP contribution in [0.15, 0.2) is 17.5 Å². The third kappa shape index (κ3) is 12.6. The average molecular weight is 553 g/mol. The zero-order valence-corrected chi connectivity index (χ0v) is 22.7. The van der Waals surface area contributed by atoms with Crippen LogP contribution in [0.4, 0.5) is 0 Å². The van der Waals surface area contributed by atoms with Gasteiger partial charge in [0.05, 0.1) is 12.4 Å². The first kappa shape index (κ1) is 33.3. The summed E-state index contributed by atoms with van der Waals surface area (Å²) in [6, 6.07) is -4.17. The molecular weight excluding hydrogens is 508 g/mol. The van der Waals surface area contributed by atoms with E-state index in [1.54, 1.807) is 13.1 Å². The number of imidazole rings is 1. The fourth-order valence-electron chi connectivity index (χ4n) is 3.75. The number of nitrogens with one attached hydrogen (secondary N) is 4. The molecule has 0 radical (unpaired) electrons. The number of amides is 3. The van der Waals surface area contributed by atoms with E-state index in [-0.39, 0.29) is 37.7 Å². The number of aliphatic imine (C=N–C) groups is 1. The fourth-order valence-corrected chi connectivity index (χ4v) is 3.75. The monoisotopic (exact) mass is 552 g/mol. The van der Waals surface area contributed by atoms with Crippen LogP contribution in [0, 0.1) is 5.92 Å². The summed E-state index contributed by atoms with van der Waals surface area (Å²) in [5.41, 5.74) is 23.0. The second kappa shape index (κ2) is 17.7. The number of hydrogen-bond acceptors (Lipinski definition) is 8. The molecule has 0 spiro atoms. The lowest BCUT2D eigenvalue weighted by molar-refractivity contribution is -0.144. The number of hydrogen-bond donors (Lipinski definition) is 9. The summed E-state index contributed by atoms with van der Waals surface area (Å²) in [5.74, 6) is -3.42. The number of carbonyl (C=O) groups excluding carboxylic acids is 3. The highest BCUT2D eigenvalue weighted by Gasteiger charge is 2.31. The maximum Gasteiger partial charge on any atom is 0.326 e. The van der Waals surface area contributed by atoms with Crippen LogP contribution in [0.25, 0.3) is 0 Å². The van der Waals surface area contributed by atoms with Gasteiger partial charge in [0.25, 0.3) is 0 Å². The number of nitrogens with zero attached hydrogens (tertiary/aromatic N) is 2. The Morgan fingerprint density at radius 2 is 1.64 bits per heavy atom. The molecule has 15 nitrogen and oxygen atoms in total. The molecule has 15 heteroatoms. The van der Waals surface area contributed by atoms with Crippen LogP contribution in [0.1, 0.15) is 58.1 Å². The van der Waals surface area contributed by atoms with E-state index in [9.17, 15) is 24.3 Å². The van der Waals surface area contributed by atoms with E-state index < -0.39 is 47.9 Å². The van der Waals surface area contributed by atoms with Gasteiger partial charge in [-0.3, -0.25) is 19.4 Å². The Morgan fingerprint density at radius 3 is 2.18 bits per heavy atom. The highest BCUT2D eigenvalue weighted by atomic mass is 16.4. The van der Waals surface area contributed by atoms with Gasteiger partial charge in [0, 0.05) is 24.9 Å². The minimum Gasteiger partial charge on any atom is -0.480 e. The summed E-state index contributed by atoms with van der Waals surface area (Å²) in [6.45, 7) is 4.15. The number of carbonyl (C=O) groups is 4.